The molecule has 0 saturated carbocycles. The van der Waals surface area contributed by atoms with Gasteiger partial charge in [0, 0.05) is 10.9 Å². The fraction of sp³-hybridized carbons (Fsp3) is 0.176. The topological polar surface area (TPSA) is 51.8 Å². The van der Waals surface area contributed by atoms with Crippen molar-refractivity contribution in [1.29, 1.82) is 0 Å². The zero-order valence-corrected chi connectivity index (χ0v) is 11.9. The van der Waals surface area contributed by atoms with Crippen LogP contribution in [-0.4, -0.2) is 9.97 Å². The highest BCUT2D eigenvalue weighted by Gasteiger charge is 2.10. The molecular formula is C17H17N3. The third kappa shape index (κ3) is 2.01. The lowest BCUT2D eigenvalue weighted by atomic mass is 10.0. The summed E-state index contributed by atoms with van der Waals surface area (Å²) in [5.41, 5.74) is 11.6. The SMILES string of the molecule is Cc1ccc(-c2nc(N)c3cccc(C)c3n2)c(C)c1. The van der Waals surface area contributed by atoms with Gasteiger partial charge in [-0.1, -0.05) is 35.9 Å². The van der Waals surface area contributed by atoms with Gasteiger partial charge in [-0.25, -0.2) is 9.97 Å². The second-order valence-corrected chi connectivity index (χ2v) is 5.22. The number of nitrogens with zero attached hydrogens (tertiary/aromatic N) is 2. The number of para-hydroxylation sites is 1. The lowest BCUT2D eigenvalue weighted by Gasteiger charge is -2.09. The average Bonchev–Trinajstić information content (AvgIpc) is 2.40. The number of hydrogen-bond acceptors (Lipinski definition) is 3. The summed E-state index contributed by atoms with van der Waals surface area (Å²) in [5.74, 6) is 1.23. The van der Waals surface area contributed by atoms with Crippen LogP contribution >= 0.6 is 0 Å². The maximum absolute atomic E-state index is 6.09. The molecular weight excluding hydrogens is 246 g/mol. The van der Waals surface area contributed by atoms with Crippen LogP contribution in [-0.2, 0) is 0 Å². The molecule has 1 heterocycles. The summed E-state index contributed by atoms with van der Waals surface area (Å²) < 4.78 is 0. The van der Waals surface area contributed by atoms with Crippen molar-refractivity contribution < 1.29 is 0 Å². The molecule has 0 aliphatic heterocycles. The molecule has 0 amide bonds. The zero-order valence-electron chi connectivity index (χ0n) is 11.9. The molecule has 3 aromatic rings. The third-order valence-electron chi connectivity index (χ3n) is 3.58. The quantitative estimate of drug-likeness (QED) is 0.726. The Balaban J connectivity index is 2.29. The Morgan fingerprint density at radius 3 is 2.45 bits per heavy atom. The number of benzene rings is 2. The molecule has 3 rings (SSSR count). The average molecular weight is 263 g/mol. The highest BCUT2D eigenvalue weighted by atomic mass is 14.9. The highest BCUT2D eigenvalue weighted by molar-refractivity contribution is 5.91. The van der Waals surface area contributed by atoms with Crippen LogP contribution in [0.25, 0.3) is 22.3 Å². The molecule has 0 fully saturated rings. The first-order chi connectivity index (χ1) is 9.56. The Hall–Kier alpha value is -2.42. The zero-order chi connectivity index (χ0) is 14.3. The lowest BCUT2D eigenvalue weighted by molar-refractivity contribution is 1.21. The Morgan fingerprint density at radius 1 is 0.900 bits per heavy atom. The summed E-state index contributed by atoms with van der Waals surface area (Å²) in [6.07, 6.45) is 0. The van der Waals surface area contributed by atoms with Gasteiger partial charge in [-0.2, -0.15) is 0 Å². The molecule has 0 atom stereocenters. The van der Waals surface area contributed by atoms with Crippen molar-refractivity contribution in [3.63, 3.8) is 0 Å². The van der Waals surface area contributed by atoms with Crippen molar-refractivity contribution in [1.82, 2.24) is 9.97 Å². The number of anilines is 1. The fourth-order valence-electron chi connectivity index (χ4n) is 2.50. The largest absolute Gasteiger partial charge is 0.383 e. The first-order valence-electron chi connectivity index (χ1n) is 6.67. The molecule has 0 aliphatic carbocycles. The van der Waals surface area contributed by atoms with Crippen molar-refractivity contribution in [2.24, 2.45) is 0 Å². The van der Waals surface area contributed by atoms with Gasteiger partial charge in [0.15, 0.2) is 5.82 Å². The fourth-order valence-corrected chi connectivity index (χ4v) is 2.50. The van der Waals surface area contributed by atoms with Gasteiger partial charge in [0.1, 0.15) is 5.82 Å². The van der Waals surface area contributed by atoms with E-state index in [1.807, 2.05) is 25.1 Å². The van der Waals surface area contributed by atoms with Crippen LogP contribution in [0.4, 0.5) is 5.82 Å². The molecule has 0 aliphatic rings. The number of fused-ring (bicyclic) bond motifs is 1. The Kier molecular flexibility index (Phi) is 2.90. The second-order valence-electron chi connectivity index (χ2n) is 5.22. The van der Waals surface area contributed by atoms with Crippen LogP contribution in [0.1, 0.15) is 16.7 Å². The molecule has 3 nitrogen and oxygen atoms in total. The molecule has 100 valence electrons. The van der Waals surface area contributed by atoms with Gasteiger partial charge in [0.2, 0.25) is 0 Å². The van der Waals surface area contributed by atoms with E-state index in [1.165, 1.54) is 5.56 Å². The minimum absolute atomic E-state index is 0.536. The van der Waals surface area contributed by atoms with Gasteiger partial charge in [0.25, 0.3) is 0 Å². The number of aromatic nitrogens is 2. The van der Waals surface area contributed by atoms with E-state index in [4.69, 9.17) is 10.7 Å². The van der Waals surface area contributed by atoms with Crippen molar-refractivity contribution >= 4 is 16.7 Å². The number of aryl methyl sites for hydroxylation is 3. The van der Waals surface area contributed by atoms with Crippen LogP contribution < -0.4 is 5.73 Å². The molecule has 2 N–H and O–H groups in total. The molecule has 0 bridgehead atoms. The highest BCUT2D eigenvalue weighted by Crippen LogP contribution is 2.27. The van der Waals surface area contributed by atoms with Crippen LogP contribution in [0.3, 0.4) is 0 Å². The minimum atomic E-state index is 0.536. The summed E-state index contributed by atoms with van der Waals surface area (Å²) in [6, 6.07) is 12.3. The van der Waals surface area contributed by atoms with Crippen molar-refractivity contribution in [2.45, 2.75) is 20.8 Å². The van der Waals surface area contributed by atoms with Crippen molar-refractivity contribution in [3.05, 3.63) is 53.1 Å². The maximum Gasteiger partial charge on any atom is 0.162 e. The minimum Gasteiger partial charge on any atom is -0.383 e. The van der Waals surface area contributed by atoms with Crippen molar-refractivity contribution in [2.75, 3.05) is 5.73 Å². The van der Waals surface area contributed by atoms with E-state index in [-0.39, 0.29) is 0 Å². The normalized spacial score (nSPS) is 10.9. The van der Waals surface area contributed by atoms with E-state index in [2.05, 4.69) is 37.0 Å². The smallest absolute Gasteiger partial charge is 0.162 e. The standard InChI is InChI=1S/C17H17N3/c1-10-7-8-13(12(3)9-10)17-19-15-11(2)5-4-6-14(15)16(18)20-17/h4-9H,1-3H3,(H2,18,19,20). The molecule has 3 heteroatoms. The molecule has 1 aromatic heterocycles. The van der Waals surface area contributed by atoms with Gasteiger partial charge >= 0.3 is 0 Å². The van der Waals surface area contributed by atoms with Gasteiger partial charge in [-0.05, 0) is 38.0 Å². The van der Waals surface area contributed by atoms with Gasteiger partial charge in [0.05, 0.1) is 5.52 Å². The summed E-state index contributed by atoms with van der Waals surface area (Å²) in [4.78, 5) is 9.18. The van der Waals surface area contributed by atoms with E-state index in [0.717, 1.165) is 27.6 Å². The Labute approximate surface area is 118 Å². The van der Waals surface area contributed by atoms with E-state index < -0.39 is 0 Å². The van der Waals surface area contributed by atoms with E-state index >= 15 is 0 Å². The molecule has 20 heavy (non-hydrogen) atoms. The molecule has 0 spiro atoms. The summed E-state index contributed by atoms with van der Waals surface area (Å²) in [5, 5.41) is 0.915. The second kappa shape index (κ2) is 4.60. The van der Waals surface area contributed by atoms with Crippen molar-refractivity contribution in [3.8, 4) is 11.4 Å². The van der Waals surface area contributed by atoms with E-state index in [1.54, 1.807) is 0 Å². The molecule has 0 saturated heterocycles. The summed E-state index contributed by atoms with van der Waals surface area (Å²) >= 11 is 0. The van der Waals surface area contributed by atoms with E-state index in [9.17, 15) is 0 Å². The van der Waals surface area contributed by atoms with Crippen LogP contribution in [0, 0.1) is 20.8 Å². The summed E-state index contributed by atoms with van der Waals surface area (Å²) in [7, 11) is 0. The lowest BCUT2D eigenvalue weighted by Crippen LogP contribution is -2.00. The Morgan fingerprint density at radius 2 is 1.70 bits per heavy atom. The Bertz CT molecular complexity index is 807. The van der Waals surface area contributed by atoms with Crippen LogP contribution in [0.15, 0.2) is 36.4 Å². The first-order valence-corrected chi connectivity index (χ1v) is 6.67. The first kappa shape index (κ1) is 12.6. The predicted octanol–water partition coefficient (Wildman–Crippen LogP) is 3.80. The van der Waals surface area contributed by atoms with Gasteiger partial charge in [-0.15, -0.1) is 0 Å². The molecule has 2 aromatic carbocycles. The maximum atomic E-state index is 6.09. The van der Waals surface area contributed by atoms with E-state index in [0.29, 0.717) is 11.6 Å². The van der Waals surface area contributed by atoms with Crippen LogP contribution in [0.5, 0.6) is 0 Å². The predicted molar refractivity (Wildman–Crippen MR) is 83.6 cm³/mol. The molecule has 0 radical (unpaired) electrons. The summed E-state index contributed by atoms with van der Waals surface area (Å²) in [6.45, 7) is 6.20. The van der Waals surface area contributed by atoms with Gasteiger partial charge < -0.3 is 5.73 Å². The number of nitrogen functional groups attached to an aromatic ring is 1. The number of hydrogen-bond donors (Lipinski definition) is 1. The number of rotatable bonds is 1. The monoisotopic (exact) mass is 263 g/mol. The number of nitrogens with two attached hydrogens (primary N) is 1. The van der Waals surface area contributed by atoms with Gasteiger partial charge in [-0.3, -0.25) is 0 Å². The third-order valence-corrected chi connectivity index (χ3v) is 3.58. The molecule has 0 unspecified atom stereocenters. The van der Waals surface area contributed by atoms with Crippen LogP contribution in [0.2, 0.25) is 0 Å².